The molecular formula is C15H21ClN2O2. The van der Waals surface area contributed by atoms with Gasteiger partial charge in [-0.25, -0.2) is 9.78 Å². The van der Waals surface area contributed by atoms with Crippen LogP contribution in [0, 0.1) is 11.8 Å². The number of aromatic carboxylic acids is 1. The molecule has 0 saturated heterocycles. The van der Waals surface area contributed by atoms with E-state index in [1.807, 2.05) is 0 Å². The number of pyridine rings is 1. The fourth-order valence-corrected chi connectivity index (χ4v) is 3.00. The predicted octanol–water partition coefficient (Wildman–Crippen LogP) is 4.06. The van der Waals surface area contributed by atoms with Crippen LogP contribution in [0.4, 0.5) is 5.82 Å². The molecule has 0 radical (unpaired) electrons. The van der Waals surface area contributed by atoms with Gasteiger partial charge in [-0.05, 0) is 30.7 Å². The summed E-state index contributed by atoms with van der Waals surface area (Å²) < 4.78 is 0. The average Bonchev–Trinajstić information content (AvgIpc) is 2.46. The molecule has 110 valence electrons. The summed E-state index contributed by atoms with van der Waals surface area (Å²) in [6, 6.07) is 1.44. The molecule has 1 aromatic rings. The topological polar surface area (TPSA) is 62.2 Å². The Balaban J connectivity index is 1.87. The first-order chi connectivity index (χ1) is 9.60. The maximum Gasteiger partial charge on any atom is 0.337 e. The Labute approximate surface area is 124 Å². The van der Waals surface area contributed by atoms with Crippen LogP contribution in [0.25, 0.3) is 0 Å². The van der Waals surface area contributed by atoms with Crippen molar-refractivity contribution in [1.29, 1.82) is 0 Å². The van der Waals surface area contributed by atoms with Crippen molar-refractivity contribution in [2.45, 2.75) is 39.0 Å². The summed E-state index contributed by atoms with van der Waals surface area (Å²) in [5.74, 6) is 1.12. The molecule has 0 spiro atoms. The fourth-order valence-electron chi connectivity index (χ4n) is 2.77. The highest BCUT2D eigenvalue weighted by molar-refractivity contribution is 6.33. The molecule has 5 heteroatoms. The molecule has 0 unspecified atom stereocenters. The molecule has 0 atom stereocenters. The summed E-state index contributed by atoms with van der Waals surface area (Å²) in [4.78, 5) is 14.9. The van der Waals surface area contributed by atoms with Gasteiger partial charge in [0.25, 0.3) is 0 Å². The second-order valence-electron chi connectivity index (χ2n) is 5.54. The summed E-state index contributed by atoms with van der Waals surface area (Å²) >= 11 is 6.05. The lowest BCUT2D eigenvalue weighted by molar-refractivity contribution is 0.0696. The van der Waals surface area contributed by atoms with Crippen LogP contribution in [0.3, 0.4) is 0 Å². The first-order valence-electron chi connectivity index (χ1n) is 7.22. The summed E-state index contributed by atoms with van der Waals surface area (Å²) in [5, 5.41) is 12.5. The predicted molar refractivity (Wildman–Crippen MR) is 80.4 cm³/mol. The quantitative estimate of drug-likeness (QED) is 0.860. The van der Waals surface area contributed by atoms with E-state index in [0.717, 1.165) is 12.5 Å². The van der Waals surface area contributed by atoms with Gasteiger partial charge in [0.1, 0.15) is 5.82 Å². The van der Waals surface area contributed by atoms with Crippen LogP contribution in [-0.4, -0.2) is 22.6 Å². The van der Waals surface area contributed by atoms with Crippen molar-refractivity contribution in [2.24, 2.45) is 11.8 Å². The number of nitrogens with zero attached hydrogens (tertiary/aromatic N) is 1. The molecule has 2 N–H and O–H groups in total. The summed E-state index contributed by atoms with van der Waals surface area (Å²) in [7, 11) is 0. The van der Waals surface area contributed by atoms with Crippen LogP contribution in [-0.2, 0) is 0 Å². The lowest BCUT2D eigenvalue weighted by Crippen LogP contribution is -2.21. The van der Waals surface area contributed by atoms with Gasteiger partial charge in [0.2, 0.25) is 0 Å². The van der Waals surface area contributed by atoms with Gasteiger partial charge in [-0.2, -0.15) is 0 Å². The molecule has 0 aliphatic heterocycles. The van der Waals surface area contributed by atoms with E-state index < -0.39 is 5.97 Å². The molecule has 1 fully saturated rings. The molecule has 1 heterocycles. The summed E-state index contributed by atoms with van der Waals surface area (Å²) in [6.45, 7) is 3.12. The molecule has 1 aliphatic carbocycles. The van der Waals surface area contributed by atoms with Crippen LogP contribution in [0.5, 0.6) is 0 Å². The Bertz CT molecular complexity index is 471. The van der Waals surface area contributed by atoms with Gasteiger partial charge >= 0.3 is 5.97 Å². The van der Waals surface area contributed by atoms with E-state index in [2.05, 4.69) is 17.2 Å². The average molecular weight is 297 g/mol. The number of hydrogen-bond donors (Lipinski definition) is 2. The Morgan fingerprint density at radius 3 is 2.60 bits per heavy atom. The van der Waals surface area contributed by atoms with Gasteiger partial charge in [0.05, 0.1) is 10.6 Å². The third kappa shape index (κ3) is 3.85. The first kappa shape index (κ1) is 15.1. The Kier molecular flexibility index (Phi) is 5.24. The fraction of sp³-hybridized carbons (Fsp3) is 0.600. The summed E-state index contributed by atoms with van der Waals surface area (Å²) in [6.07, 6.45) is 7.73. The van der Waals surface area contributed by atoms with E-state index in [4.69, 9.17) is 16.7 Å². The SMILES string of the molecule is CCC1CCC(CNc2ncc(C(=O)O)cc2Cl)CC1. The zero-order chi connectivity index (χ0) is 14.5. The number of rotatable bonds is 5. The number of carboxylic acid groups (broad SMARTS) is 1. The second kappa shape index (κ2) is 6.93. The van der Waals surface area contributed by atoms with E-state index >= 15 is 0 Å². The number of anilines is 1. The van der Waals surface area contributed by atoms with E-state index in [-0.39, 0.29) is 5.56 Å². The van der Waals surface area contributed by atoms with Crippen molar-refractivity contribution < 1.29 is 9.90 Å². The smallest absolute Gasteiger partial charge is 0.337 e. The maximum absolute atomic E-state index is 10.8. The van der Waals surface area contributed by atoms with Crippen LogP contribution >= 0.6 is 11.6 Å². The number of aromatic nitrogens is 1. The van der Waals surface area contributed by atoms with Crippen molar-refractivity contribution in [3.05, 3.63) is 22.8 Å². The van der Waals surface area contributed by atoms with Gasteiger partial charge < -0.3 is 10.4 Å². The third-order valence-corrected chi connectivity index (χ3v) is 4.48. The van der Waals surface area contributed by atoms with Gasteiger partial charge in [0.15, 0.2) is 0 Å². The molecule has 0 bridgehead atoms. The Morgan fingerprint density at radius 2 is 2.05 bits per heavy atom. The largest absolute Gasteiger partial charge is 0.478 e. The van der Waals surface area contributed by atoms with E-state index in [1.165, 1.54) is 44.4 Å². The van der Waals surface area contributed by atoms with Crippen molar-refractivity contribution in [3.8, 4) is 0 Å². The van der Waals surface area contributed by atoms with E-state index in [0.29, 0.717) is 16.8 Å². The Hall–Kier alpha value is -1.29. The monoisotopic (exact) mass is 296 g/mol. The van der Waals surface area contributed by atoms with Crippen LogP contribution < -0.4 is 5.32 Å². The normalized spacial score (nSPS) is 22.5. The maximum atomic E-state index is 10.8. The number of carbonyl (C=O) groups is 1. The van der Waals surface area contributed by atoms with Gasteiger partial charge in [-0.1, -0.05) is 37.8 Å². The minimum absolute atomic E-state index is 0.115. The van der Waals surface area contributed by atoms with Crippen LogP contribution in [0.15, 0.2) is 12.3 Å². The van der Waals surface area contributed by atoms with Crippen molar-refractivity contribution in [3.63, 3.8) is 0 Å². The molecule has 0 amide bonds. The first-order valence-corrected chi connectivity index (χ1v) is 7.60. The zero-order valence-electron chi connectivity index (χ0n) is 11.7. The van der Waals surface area contributed by atoms with E-state index in [9.17, 15) is 4.79 Å². The molecule has 1 aromatic heterocycles. The van der Waals surface area contributed by atoms with Crippen molar-refractivity contribution in [1.82, 2.24) is 4.98 Å². The zero-order valence-corrected chi connectivity index (χ0v) is 12.5. The molecular weight excluding hydrogens is 276 g/mol. The molecule has 20 heavy (non-hydrogen) atoms. The van der Waals surface area contributed by atoms with Crippen LogP contribution in [0.1, 0.15) is 49.4 Å². The molecule has 0 aromatic carbocycles. The standard InChI is InChI=1S/C15H21ClN2O2/c1-2-10-3-5-11(6-4-10)8-17-14-13(16)7-12(9-18-14)15(19)20/h7,9-11H,2-6,8H2,1H3,(H,17,18)(H,19,20). The lowest BCUT2D eigenvalue weighted by atomic mass is 9.81. The number of nitrogens with one attached hydrogen (secondary N) is 1. The molecule has 1 aliphatic rings. The number of carboxylic acids is 1. The molecule has 2 rings (SSSR count). The van der Waals surface area contributed by atoms with Crippen LogP contribution in [0.2, 0.25) is 5.02 Å². The van der Waals surface area contributed by atoms with E-state index in [1.54, 1.807) is 0 Å². The molecule has 4 nitrogen and oxygen atoms in total. The summed E-state index contributed by atoms with van der Waals surface area (Å²) in [5.41, 5.74) is 0.115. The highest BCUT2D eigenvalue weighted by atomic mass is 35.5. The Morgan fingerprint density at radius 1 is 1.40 bits per heavy atom. The van der Waals surface area contributed by atoms with Crippen molar-refractivity contribution >= 4 is 23.4 Å². The highest BCUT2D eigenvalue weighted by Gasteiger charge is 2.20. The highest BCUT2D eigenvalue weighted by Crippen LogP contribution is 2.31. The van der Waals surface area contributed by atoms with Crippen molar-refractivity contribution in [2.75, 3.05) is 11.9 Å². The minimum Gasteiger partial charge on any atom is -0.478 e. The molecule has 1 saturated carbocycles. The minimum atomic E-state index is -1.01. The third-order valence-electron chi connectivity index (χ3n) is 4.19. The van der Waals surface area contributed by atoms with Gasteiger partial charge in [-0.3, -0.25) is 0 Å². The lowest BCUT2D eigenvalue weighted by Gasteiger charge is -2.28. The number of hydrogen-bond acceptors (Lipinski definition) is 3. The number of halogens is 1. The van der Waals surface area contributed by atoms with Gasteiger partial charge in [0, 0.05) is 12.7 Å². The van der Waals surface area contributed by atoms with Gasteiger partial charge in [-0.15, -0.1) is 0 Å². The second-order valence-corrected chi connectivity index (χ2v) is 5.94.